The first-order valence-electron chi connectivity index (χ1n) is 9.03. The van der Waals surface area contributed by atoms with Crippen molar-refractivity contribution in [3.05, 3.63) is 47.8 Å². The second-order valence-corrected chi connectivity index (χ2v) is 6.94. The van der Waals surface area contributed by atoms with Crippen molar-refractivity contribution in [3.63, 3.8) is 0 Å². The van der Waals surface area contributed by atoms with Crippen molar-refractivity contribution in [1.29, 1.82) is 0 Å². The van der Waals surface area contributed by atoms with E-state index in [4.69, 9.17) is 0 Å². The van der Waals surface area contributed by atoms with E-state index in [1.807, 2.05) is 10.9 Å². The van der Waals surface area contributed by atoms with E-state index in [9.17, 15) is 5.11 Å². The standard InChI is InChI=1S/C19H28N4O/c1-22(13-7-10-16-8-3-2-4-9-16)14-17-15-23(21-20-17)18-11-5-6-12-19(18)24/h2-4,8-9,15,18-19,24H,5-7,10-14H2,1H3/t18-,19-/m1/s1. The number of hydrogen-bond donors (Lipinski definition) is 1. The Hall–Kier alpha value is -1.72. The lowest BCUT2D eigenvalue weighted by atomic mass is 9.93. The second kappa shape index (κ2) is 8.40. The van der Waals surface area contributed by atoms with Crippen LogP contribution in [0.15, 0.2) is 36.5 Å². The highest BCUT2D eigenvalue weighted by atomic mass is 16.3. The molecule has 0 aliphatic heterocycles. The molecule has 1 aromatic carbocycles. The number of aromatic nitrogens is 3. The van der Waals surface area contributed by atoms with Crippen molar-refractivity contribution in [3.8, 4) is 0 Å². The molecule has 1 saturated carbocycles. The summed E-state index contributed by atoms with van der Waals surface area (Å²) >= 11 is 0. The van der Waals surface area contributed by atoms with E-state index in [-0.39, 0.29) is 12.1 Å². The van der Waals surface area contributed by atoms with Gasteiger partial charge >= 0.3 is 0 Å². The maximum Gasteiger partial charge on any atom is 0.0967 e. The van der Waals surface area contributed by atoms with Gasteiger partial charge in [-0.25, -0.2) is 4.68 Å². The number of benzene rings is 1. The third-order valence-electron chi connectivity index (χ3n) is 4.87. The molecule has 1 fully saturated rings. The fourth-order valence-electron chi connectivity index (χ4n) is 3.50. The van der Waals surface area contributed by atoms with Gasteiger partial charge in [-0.15, -0.1) is 5.10 Å². The Morgan fingerprint density at radius 3 is 2.79 bits per heavy atom. The molecule has 0 bridgehead atoms. The average molecular weight is 328 g/mol. The smallest absolute Gasteiger partial charge is 0.0967 e. The van der Waals surface area contributed by atoms with Crippen molar-refractivity contribution in [1.82, 2.24) is 19.9 Å². The summed E-state index contributed by atoms with van der Waals surface area (Å²) in [6, 6.07) is 10.7. The maximum absolute atomic E-state index is 10.1. The maximum atomic E-state index is 10.1. The van der Waals surface area contributed by atoms with E-state index < -0.39 is 0 Å². The number of aliphatic hydroxyl groups is 1. The van der Waals surface area contributed by atoms with Crippen LogP contribution in [0.25, 0.3) is 0 Å². The molecule has 0 spiro atoms. The van der Waals surface area contributed by atoms with E-state index in [0.29, 0.717) is 0 Å². The number of hydrogen-bond acceptors (Lipinski definition) is 4. The third-order valence-corrected chi connectivity index (χ3v) is 4.87. The molecule has 2 atom stereocenters. The Kier molecular flexibility index (Phi) is 5.99. The third kappa shape index (κ3) is 4.65. The molecule has 1 aliphatic carbocycles. The SMILES string of the molecule is CN(CCCc1ccccc1)Cc1cn([C@@H]2CCCC[C@H]2O)nn1. The Balaban J connectivity index is 1.45. The highest BCUT2D eigenvalue weighted by Gasteiger charge is 2.25. The summed E-state index contributed by atoms with van der Waals surface area (Å²) in [5.74, 6) is 0. The van der Waals surface area contributed by atoms with Crippen LogP contribution in [0.2, 0.25) is 0 Å². The summed E-state index contributed by atoms with van der Waals surface area (Å²) < 4.78 is 1.87. The summed E-state index contributed by atoms with van der Waals surface area (Å²) in [5.41, 5.74) is 2.37. The van der Waals surface area contributed by atoms with Gasteiger partial charge in [-0.1, -0.05) is 48.4 Å². The van der Waals surface area contributed by atoms with E-state index in [2.05, 4.69) is 52.6 Å². The lowest BCUT2D eigenvalue weighted by Gasteiger charge is -2.27. The van der Waals surface area contributed by atoms with Crippen molar-refractivity contribution in [2.45, 2.75) is 57.2 Å². The van der Waals surface area contributed by atoms with Crippen molar-refractivity contribution in [2.24, 2.45) is 0 Å². The average Bonchev–Trinajstić information content (AvgIpc) is 3.04. The molecule has 5 nitrogen and oxygen atoms in total. The zero-order valence-corrected chi connectivity index (χ0v) is 14.5. The van der Waals surface area contributed by atoms with E-state index in [1.165, 1.54) is 5.56 Å². The van der Waals surface area contributed by atoms with Crippen LogP contribution in [0.1, 0.15) is 49.4 Å². The van der Waals surface area contributed by atoms with Gasteiger partial charge in [0.05, 0.1) is 24.0 Å². The molecule has 5 heteroatoms. The molecule has 2 aromatic rings. The Morgan fingerprint density at radius 1 is 1.21 bits per heavy atom. The van der Waals surface area contributed by atoms with Gasteiger partial charge in [0.1, 0.15) is 0 Å². The van der Waals surface area contributed by atoms with Crippen molar-refractivity contribution < 1.29 is 5.11 Å². The predicted octanol–water partition coefficient (Wildman–Crippen LogP) is 2.82. The van der Waals surface area contributed by atoms with Crippen LogP contribution in [0.5, 0.6) is 0 Å². The summed E-state index contributed by atoms with van der Waals surface area (Å²) in [4.78, 5) is 2.29. The van der Waals surface area contributed by atoms with Gasteiger partial charge in [0.2, 0.25) is 0 Å². The number of aryl methyl sites for hydroxylation is 1. The van der Waals surface area contributed by atoms with Crippen molar-refractivity contribution in [2.75, 3.05) is 13.6 Å². The van der Waals surface area contributed by atoms with Crippen LogP contribution in [-0.2, 0) is 13.0 Å². The van der Waals surface area contributed by atoms with Crippen LogP contribution in [-0.4, -0.2) is 44.7 Å². The second-order valence-electron chi connectivity index (χ2n) is 6.94. The van der Waals surface area contributed by atoms with E-state index in [0.717, 1.165) is 57.3 Å². The largest absolute Gasteiger partial charge is 0.391 e. The Labute approximate surface area is 144 Å². The Morgan fingerprint density at radius 2 is 2.00 bits per heavy atom. The minimum atomic E-state index is -0.281. The lowest BCUT2D eigenvalue weighted by Crippen LogP contribution is -2.28. The molecule has 1 N–H and O–H groups in total. The topological polar surface area (TPSA) is 54.2 Å². The normalized spacial score (nSPS) is 21.3. The zero-order valence-electron chi connectivity index (χ0n) is 14.5. The van der Waals surface area contributed by atoms with Gasteiger partial charge in [0.25, 0.3) is 0 Å². The van der Waals surface area contributed by atoms with Gasteiger partial charge in [-0.05, 0) is 44.8 Å². The Bertz CT molecular complexity index is 613. The summed E-state index contributed by atoms with van der Waals surface area (Å²) in [7, 11) is 2.12. The van der Waals surface area contributed by atoms with Crippen LogP contribution in [0.3, 0.4) is 0 Å². The highest BCUT2D eigenvalue weighted by Crippen LogP contribution is 2.27. The molecule has 3 rings (SSSR count). The van der Waals surface area contributed by atoms with Crippen LogP contribution < -0.4 is 0 Å². The van der Waals surface area contributed by atoms with E-state index >= 15 is 0 Å². The zero-order chi connectivity index (χ0) is 16.8. The van der Waals surface area contributed by atoms with Crippen LogP contribution >= 0.6 is 0 Å². The molecular weight excluding hydrogens is 300 g/mol. The molecule has 0 saturated heterocycles. The van der Waals surface area contributed by atoms with Crippen LogP contribution in [0, 0.1) is 0 Å². The van der Waals surface area contributed by atoms with Gasteiger partial charge in [-0.2, -0.15) is 0 Å². The van der Waals surface area contributed by atoms with Gasteiger partial charge in [0.15, 0.2) is 0 Å². The molecule has 1 heterocycles. The van der Waals surface area contributed by atoms with E-state index in [1.54, 1.807) is 0 Å². The predicted molar refractivity (Wildman–Crippen MR) is 94.6 cm³/mol. The van der Waals surface area contributed by atoms with Gasteiger partial charge in [-0.3, -0.25) is 0 Å². The highest BCUT2D eigenvalue weighted by molar-refractivity contribution is 5.14. The molecule has 0 radical (unpaired) electrons. The monoisotopic (exact) mass is 328 g/mol. The number of rotatable bonds is 7. The summed E-state index contributed by atoms with van der Waals surface area (Å²) in [6.45, 7) is 1.84. The summed E-state index contributed by atoms with van der Waals surface area (Å²) in [5, 5.41) is 18.7. The summed E-state index contributed by atoms with van der Waals surface area (Å²) in [6.07, 6.45) is 8.11. The molecular formula is C19H28N4O. The number of nitrogens with zero attached hydrogens (tertiary/aromatic N) is 4. The molecule has 0 unspecified atom stereocenters. The van der Waals surface area contributed by atoms with Gasteiger partial charge in [0, 0.05) is 6.54 Å². The lowest BCUT2D eigenvalue weighted by molar-refractivity contribution is 0.0685. The first-order valence-corrected chi connectivity index (χ1v) is 9.03. The van der Waals surface area contributed by atoms with Crippen LogP contribution in [0.4, 0.5) is 0 Å². The molecule has 24 heavy (non-hydrogen) atoms. The van der Waals surface area contributed by atoms with Gasteiger partial charge < -0.3 is 10.0 Å². The quantitative estimate of drug-likeness (QED) is 0.849. The molecule has 130 valence electrons. The minimum absolute atomic E-state index is 0.100. The molecule has 1 aliphatic rings. The first kappa shape index (κ1) is 17.1. The molecule has 1 aromatic heterocycles. The van der Waals surface area contributed by atoms with Crippen molar-refractivity contribution >= 4 is 0 Å². The molecule has 0 amide bonds. The minimum Gasteiger partial charge on any atom is -0.391 e. The number of aliphatic hydroxyl groups excluding tert-OH is 1. The first-order chi connectivity index (χ1) is 11.7. The fraction of sp³-hybridized carbons (Fsp3) is 0.579. The fourth-order valence-corrected chi connectivity index (χ4v) is 3.50.